The van der Waals surface area contributed by atoms with Gasteiger partial charge in [0.2, 0.25) is 17.7 Å². The maximum Gasteiger partial charge on any atom is 0.256 e. The van der Waals surface area contributed by atoms with Gasteiger partial charge in [-0.3, -0.25) is 4.79 Å². The van der Waals surface area contributed by atoms with Crippen LogP contribution >= 0.6 is 0 Å². The molecule has 4 aromatic rings. The summed E-state index contributed by atoms with van der Waals surface area (Å²) in [5.41, 5.74) is 3.04. The third-order valence-electron chi connectivity index (χ3n) is 7.65. The first-order valence-electron chi connectivity index (χ1n) is 12.4. The Hall–Kier alpha value is -3.83. The van der Waals surface area contributed by atoms with Gasteiger partial charge in [-0.15, -0.1) is 0 Å². The monoisotopic (exact) mass is 510 g/mol. The highest BCUT2D eigenvalue weighted by atomic mass is 19.3. The minimum absolute atomic E-state index is 0.142. The summed E-state index contributed by atoms with van der Waals surface area (Å²) in [5, 5.41) is 4.15. The number of aromatic nitrogens is 6. The summed E-state index contributed by atoms with van der Waals surface area (Å²) in [6.45, 7) is 4.50. The molecular formula is C25H28F2N8O2. The van der Waals surface area contributed by atoms with Gasteiger partial charge in [-0.05, 0) is 37.7 Å². The van der Waals surface area contributed by atoms with Crippen LogP contribution in [0.1, 0.15) is 25.6 Å². The Morgan fingerprint density at radius 2 is 2.00 bits per heavy atom. The fraction of sp³-hybridized carbons (Fsp3) is 0.480. The SMILES string of the molecule is COc1nc(NC2C[C@@H]3CN(C(C)=O)C[C@@H]3C2)nc2[nH]cc(-c3cnc4nc(C)n(CC(F)F)c4c3)c12. The van der Waals surface area contributed by atoms with E-state index in [0.717, 1.165) is 37.1 Å². The molecule has 12 heteroatoms. The number of likely N-dealkylation sites (tertiary alicyclic amines) is 1. The lowest BCUT2D eigenvalue weighted by atomic mass is 10.0. The molecule has 2 fully saturated rings. The maximum atomic E-state index is 13.2. The van der Waals surface area contributed by atoms with E-state index in [2.05, 4.69) is 25.3 Å². The van der Waals surface area contributed by atoms with Gasteiger partial charge in [0.1, 0.15) is 11.5 Å². The molecule has 5 heterocycles. The number of halogens is 2. The predicted molar refractivity (Wildman–Crippen MR) is 134 cm³/mol. The van der Waals surface area contributed by atoms with Crippen LogP contribution in [0.25, 0.3) is 33.3 Å². The summed E-state index contributed by atoms with van der Waals surface area (Å²) in [5.74, 6) is 2.50. The molecule has 1 amide bonds. The number of carbonyl (C=O) groups is 1. The highest BCUT2D eigenvalue weighted by Crippen LogP contribution is 2.40. The molecule has 1 saturated carbocycles. The molecule has 2 N–H and O–H groups in total. The molecule has 6 rings (SSSR count). The van der Waals surface area contributed by atoms with E-state index in [9.17, 15) is 13.6 Å². The molecule has 4 aromatic heterocycles. The zero-order valence-electron chi connectivity index (χ0n) is 20.8. The fourth-order valence-electron chi connectivity index (χ4n) is 5.93. The molecule has 1 aliphatic carbocycles. The zero-order chi connectivity index (χ0) is 25.8. The van der Waals surface area contributed by atoms with Gasteiger partial charge in [0, 0.05) is 49.6 Å². The van der Waals surface area contributed by atoms with Gasteiger partial charge in [0.25, 0.3) is 6.43 Å². The Balaban J connectivity index is 1.29. The molecule has 1 aliphatic heterocycles. The van der Waals surface area contributed by atoms with Crippen molar-refractivity contribution in [3.05, 3.63) is 24.3 Å². The predicted octanol–water partition coefficient (Wildman–Crippen LogP) is 3.62. The first-order valence-corrected chi connectivity index (χ1v) is 12.4. The van der Waals surface area contributed by atoms with E-state index in [1.165, 1.54) is 4.57 Å². The molecule has 0 bridgehead atoms. The molecule has 1 unspecified atom stereocenters. The minimum Gasteiger partial charge on any atom is -0.480 e. The molecule has 10 nitrogen and oxygen atoms in total. The zero-order valence-corrected chi connectivity index (χ0v) is 20.8. The summed E-state index contributed by atoms with van der Waals surface area (Å²) < 4.78 is 33.4. The number of alkyl halides is 2. The summed E-state index contributed by atoms with van der Waals surface area (Å²) in [4.78, 5) is 34.9. The number of hydrogen-bond donors (Lipinski definition) is 2. The number of imidazole rings is 1. The van der Waals surface area contributed by atoms with Crippen molar-refractivity contribution in [2.75, 3.05) is 25.5 Å². The van der Waals surface area contributed by atoms with Crippen molar-refractivity contribution >= 4 is 34.1 Å². The number of pyridine rings is 1. The number of hydrogen-bond acceptors (Lipinski definition) is 7. The van der Waals surface area contributed by atoms with Crippen molar-refractivity contribution in [2.45, 2.75) is 45.7 Å². The van der Waals surface area contributed by atoms with Crippen molar-refractivity contribution in [1.29, 1.82) is 0 Å². The van der Waals surface area contributed by atoms with Crippen LogP contribution in [-0.4, -0.2) is 73.0 Å². The summed E-state index contributed by atoms with van der Waals surface area (Å²) in [6.07, 6.45) is 2.89. The summed E-state index contributed by atoms with van der Waals surface area (Å²) >= 11 is 0. The highest BCUT2D eigenvalue weighted by Gasteiger charge is 2.41. The largest absolute Gasteiger partial charge is 0.480 e. The third-order valence-corrected chi connectivity index (χ3v) is 7.65. The first-order chi connectivity index (χ1) is 17.8. The van der Waals surface area contributed by atoms with E-state index in [0.29, 0.717) is 51.7 Å². The molecular weight excluding hydrogens is 482 g/mol. The van der Waals surface area contributed by atoms with E-state index in [1.54, 1.807) is 39.4 Å². The van der Waals surface area contributed by atoms with Gasteiger partial charge in [-0.1, -0.05) is 0 Å². The number of nitrogens with zero attached hydrogens (tertiary/aromatic N) is 6. The Kier molecular flexibility index (Phi) is 5.68. The lowest BCUT2D eigenvalue weighted by Gasteiger charge is -2.18. The molecule has 1 saturated heterocycles. The second kappa shape index (κ2) is 8.93. The number of fused-ring (bicyclic) bond motifs is 3. The van der Waals surface area contributed by atoms with Gasteiger partial charge in [-0.2, -0.15) is 9.97 Å². The number of aromatic amines is 1. The second-order valence-corrected chi connectivity index (χ2v) is 9.97. The fourth-order valence-corrected chi connectivity index (χ4v) is 5.93. The maximum absolute atomic E-state index is 13.2. The van der Waals surface area contributed by atoms with E-state index in [4.69, 9.17) is 9.72 Å². The number of amides is 1. The summed E-state index contributed by atoms with van der Waals surface area (Å²) in [6, 6.07) is 2.03. The number of carbonyl (C=O) groups excluding carboxylic acids is 1. The topological polar surface area (TPSA) is 114 Å². The molecule has 3 atom stereocenters. The average Bonchev–Trinajstić information content (AvgIpc) is 3.60. The Bertz CT molecular complexity index is 1490. The minimum atomic E-state index is -2.50. The number of anilines is 1. The number of nitrogens with one attached hydrogen (secondary N) is 2. The smallest absolute Gasteiger partial charge is 0.256 e. The van der Waals surface area contributed by atoms with Crippen molar-refractivity contribution in [1.82, 2.24) is 34.4 Å². The van der Waals surface area contributed by atoms with Crippen LogP contribution in [0.15, 0.2) is 18.5 Å². The molecule has 0 spiro atoms. The van der Waals surface area contributed by atoms with Gasteiger partial charge in [-0.25, -0.2) is 18.7 Å². The van der Waals surface area contributed by atoms with E-state index in [-0.39, 0.29) is 11.9 Å². The van der Waals surface area contributed by atoms with Crippen LogP contribution in [0.4, 0.5) is 14.7 Å². The number of methoxy groups -OCH3 is 1. The van der Waals surface area contributed by atoms with Gasteiger partial charge < -0.3 is 24.5 Å². The Morgan fingerprint density at radius 3 is 2.68 bits per heavy atom. The van der Waals surface area contributed by atoms with E-state index in [1.807, 2.05) is 4.90 Å². The van der Waals surface area contributed by atoms with Crippen molar-refractivity contribution in [3.63, 3.8) is 0 Å². The van der Waals surface area contributed by atoms with Gasteiger partial charge >= 0.3 is 0 Å². The molecule has 194 valence electrons. The standard InChI is InChI=1S/C25H28F2N8O2/c1-12-30-22-19(35(12)11-20(26)27)6-14(7-28-22)18-8-29-23-21(18)24(37-3)33-25(32-23)31-17-4-15-9-34(13(2)36)10-16(15)5-17/h6-8,15-17,20H,4-5,9-11H2,1-3H3,(H2,29,31,32,33)/t15-,16+,17?. The van der Waals surface area contributed by atoms with Crippen LogP contribution in [-0.2, 0) is 11.3 Å². The first kappa shape index (κ1) is 23.6. The molecule has 0 radical (unpaired) electrons. The quantitative estimate of drug-likeness (QED) is 0.407. The molecule has 37 heavy (non-hydrogen) atoms. The van der Waals surface area contributed by atoms with Crippen LogP contribution < -0.4 is 10.1 Å². The number of H-pyrrole nitrogens is 1. The molecule has 0 aromatic carbocycles. The Labute approximate surface area is 211 Å². The Morgan fingerprint density at radius 1 is 1.24 bits per heavy atom. The van der Waals surface area contributed by atoms with Crippen LogP contribution in [0.3, 0.4) is 0 Å². The van der Waals surface area contributed by atoms with Crippen molar-refractivity contribution < 1.29 is 18.3 Å². The van der Waals surface area contributed by atoms with Crippen molar-refractivity contribution in [2.24, 2.45) is 11.8 Å². The number of rotatable bonds is 6. The van der Waals surface area contributed by atoms with Crippen molar-refractivity contribution in [3.8, 4) is 17.0 Å². The molecule has 2 aliphatic rings. The third kappa shape index (κ3) is 4.13. The highest BCUT2D eigenvalue weighted by molar-refractivity contribution is 5.98. The average molecular weight is 511 g/mol. The summed E-state index contributed by atoms with van der Waals surface area (Å²) in [7, 11) is 1.56. The van der Waals surface area contributed by atoms with Crippen LogP contribution in [0, 0.1) is 18.8 Å². The lowest BCUT2D eigenvalue weighted by Crippen LogP contribution is -2.29. The number of ether oxygens (including phenoxy) is 1. The van der Waals surface area contributed by atoms with Gasteiger partial charge in [0.15, 0.2) is 5.65 Å². The second-order valence-electron chi connectivity index (χ2n) is 9.97. The van der Waals surface area contributed by atoms with Crippen LogP contribution in [0.5, 0.6) is 5.88 Å². The van der Waals surface area contributed by atoms with E-state index >= 15 is 0 Å². The normalized spacial score (nSPS) is 21.4. The van der Waals surface area contributed by atoms with Crippen LogP contribution in [0.2, 0.25) is 0 Å². The number of aryl methyl sites for hydroxylation is 1. The van der Waals surface area contributed by atoms with E-state index < -0.39 is 13.0 Å². The van der Waals surface area contributed by atoms with Gasteiger partial charge in [0.05, 0.1) is 24.6 Å². The lowest BCUT2D eigenvalue weighted by molar-refractivity contribution is -0.128.